The molecule has 0 unspecified atom stereocenters. The minimum absolute atomic E-state index is 0.0105. The van der Waals surface area contributed by atoms with Gasteiger partial charge in [-0.3, -0.25) is 4.79 Å². The van der Waals surface area contributed by atoms with Crippen molar-refractivity contribution in [3.63, 3.8) is 0 Å². The van der Waals surface area contributed by atoms with Crippen LogP contribution in [-0.4, -0.2) is 26.3 Å². The number of aliphatic hydroxyl groups is 1. The Labute approximate surface area is 151 Å². The van der Waals surface area contributed by atoms with E-state index in [9.17, 15) is 9.90 Å². The standard InChI is InChI=1S/C17H13N3O3S2/c21-16(11-3-4-13-14(8-11)20-25-19-13)18-10-17(22,12-5-7-24-9-12)15-2-1-6-23-15/h1-9,22H,10H2,(H,18,21)/t17-/m0/s1. The Balaban J connectivity index is 1.58. The SMILES string of the molecule is O=C(NC[C@](O)(c1ccsc1)c1ccco1)c1ccc2nsnc2c1. The number of nitrogens with zero attached hydrogens (tertiary/aromatic N) is 2. The lowest BCUT2D eigenvalue weighted by Crippen LogP contribution is -2.41. The van der Waals surface area contributed by atoms with Gasteiger partial charge in [0.1, 0.15) is 16.8 Å². The highest BCUT2D eigenvalue weighted by Gasteiger charge is 2.35. The first-order chi connectivity index (χ1) is 12.2. The van der Waals surface area contributed by atoms with E-state index in [0.717, 1.165) is 17.2 Å². The maximum absolute atomic E-state index is 12.5. The number of hydrogen-bond donors (Lipinski definition) is 2. The average molecular weight is 371 g/mol. The van der Waals surface area contributed by atoms with Crippen molar-refractivity contribution < 1.29 is 14.3 Å². The lowest BCUT2D eigenvalue weighted by Gasteiger charge is -2.25. The first-order valence-corrected chi connectivity index (χ1v) is 9.14. The summed E-state index contributed by atoms with van der Waals surface area (Å²) in [6.45, 7) is -0.0105. The third-order valence-corrected chi connectivity index (χ3v) is 5.19. The molecule has 4 rings (SSSR count). The van der Waals surface area contributed by atoms with E-state index in [2.05, 4.69) is 14.1 Å². The van der Waals surface area contributed by atoms with Gasteiger partial charge in [0, 0.05) is 11.1 Å². The third-order valence-electron chi connectivity index (χ3n) is 3.95. The molecule has 0 fully saturated rings. The van der Waals surface area contributed by atoms with Crippen LogP contribution < -0.4 is 5.32 Å². The summed E-state index contributed by atoms with van der Waals surface area (Å²) < 4.78 is 13.7. The molecule has 3 aromatic heterocycles. The lowest BCUT2D eigenvalue weighted by atomic mass is 9.93. The molecule has 0 saturated heterocycles. The van der Waals surface area contributed by atoms with Crippen LogP contribution in [0.3, 0.4) is 0 Å². The summed E-state index contributed by atoms with van der Waals surface area (Å²) in [7, 11) is 0. The van der Waals surface area contributed by atoms with Crippen molar-refractivity contribution in [1.82, 2.24) is 14.1 Å². The van der Waals surface area contributed by atoms with Gasteiger partial charge in [0.25, 0.3) is 5.91 Å². The van der Waals surface area contributed by atoms with Gasteiger partial charge < -0.3 is 14.8 Å². The molecule has 0 bridgehead atoms. The Bertz CT molecular complexity index is 959. The summed E-state index contributed by atoms with van der Waals surface area (Å²) >= 11 is 2.57. The van der Waals surface area contributed by atoms with Crippen LogP contribution in [0, 0.1) is 0 Å². The van der Waals surface area contributed by atoms with Crippen molar-refractivity contribution in [1.29, 1.82) is 0 Å². The number of carbonyl (C=O) groups is 1. The van der Waals surface area contributed by atoms with E-state index in [1.807, 2.05) is 16.8 Å². The first kappa shape index (κ1) is 15.9. The zero-order valence-corrected chi connectivity index (χ0v) is 14.5. The van der Waals surface area contributed by atoms with Crippen molar-refractivity contribution in [2.75, 3.05) is 6.54 Å². The molecule has 2 N–H and O–H groups in total. The predicted octanol–water partition coefficient (Wildman–Crippen LogP) is 3.01. The van der Waals surface area contributed by atoms with Gasteiger partial charge in [0.2, 0.25) is 0 Å². The zero-order valence-electron chi connectivity index (χ0n) is 12.9. The molecule has 6 nitrogen and oxygen atoms in total. The van der Waals surface area contributed by atoms with Crippen LogP contribution in [0.2, 0.25) is 0 Å². The van der Waals surface area contributed by atoms with Crippen LogP contribution in [0.15, 0.2) is 57.8 Å². The van der Waals surface area contributed by atoms with Crippen molar-refractivity contribution in [2.24, 2.45) is 0 Å². The molecule has 0 radical (unpaired) electrons. The molecule has 0 aliphatic rings. The van der Waals surface area contributed by atoms with Gasteiger partial charge >= 0.3 is 0 Å². The van der Waals surface area contributed by atoms with Crippen LogP contribution in [0.4, 0.5) is 0 Å². The number of nitrogens with one attached hydrogen (secondary N) is 1. The average Bonchev–Trinajstić information content (AvgIpc) is 3.40. The van der Waals surface area contributed by atoms with Gasteiger partial charge in [0.15, 0.2) is 5.60 Å². The molecule has 0 aliphatic heterocycles. The fraction of sp³-hybridized carbons (Fsp3) is 0.118. The number of thiophene rings is 1. The number of carbonyl (C=O) groups excluding carboxylic acids is 1. The van der Waals surface area contributed by atoms with E-state index in [4.69, 9.17) is 4.42 Å². The maximum atomic E-state index is 12.5. The summed E-state index contributed by atoms with van der Waals surface area (Å²) in [5.41, 5.74) is 1.15. The van der Waals surface area contributed by atoms with Crippen LogP contribution in [-0.2, 0) is 5.60 Å². The number of rotatable bonds is 5. The summed E-state index contributed by atoms with van der Waals surface area (Å²) in [5, 5.41) is 17.6. The maximum Gasteiger partial charge on any atom is 0.251 e. The van der Waals surface area contributed by atoms with Crippen LogP contribution in [0.1, 0.15) is 21.7 Å². The highest BCUT2D eigenvalue weighted by Crippen LogP contribution is 2.31. The van der Waals surface area contributed by atoms with E-state index in [1.165, 1.54) is 17.6 Å². The minimum atomic E-state index is -1.43. The molecule has 1 atom stereocenters. The molecule has 4 aromatic rings. The monoisotopic (exact) mass is 371 g/mol. The van der Waals surface area contributed by atoms with E-state index < -0.39 is 5.60 Å². The third kappa shape index (κ3) is 2.95. The summed E-state index contributed by atoms with van der Waals surface area (Å²) in [6, 6.07) is 10.3. The Hall–Kier alpha value is -2.55. The van der Waals surface area contributed by atoms with E-state index in [1.54, 1.807) is 30.3 Å². The Morgan fingerprint density at radius 2 is 2.12 bits per heavy atom. The van der Waals surface area contributed by atoms with Crippen molar-refractivity contribution >= 4 is 40.0 Å². The summed E-state index contributed by atoms with van der Waals surface area (Å²) in [5.74, 6) is 0.0838. The highest BCUT2D eigenvalue weighted by atomic mass is 32.1. The number of furan rings is 1. The molecule has 0 aliphatic carbocycles. The van der Waals surface area contributed by atoms with Gasteiger partial charge in [-0.15, -0.1) is 0 Å². The predicted molar refractivity (Wildman–Crippen MR) is 95.8 cm³/mol. The van der Waals surface area contributed by atoms with Crippen molar-refractivity contribution in [3.05, 3.63) is 70.3 Å². The molecular weight excluding hydrogens is 358 g/mol. The van der Waals surface area contributed by atoms with Crippen molar-refractivity contribution in [2.45, 2.75) is 5.60 Å². The number of amides is 1. The Morgan fingerprint density at radius 1 is 1.24 bits per heavy atom. The van der Waals surface area contributed by atoms with Crippen molar-refractivity contribution in [3.8, 4) is 0 Å². The lowest BCUT2D eigenvalue weighted by molar-refractivity contribution is 0.0529. The molecule has 1 amide bonds. The van der Waals surface area contributed by atoms with E-state index >= 15 is 0 Å². The summed E-state index contributed by atoms with van der Waals surface area (Å²) in [4.78, 5) is 12.5. The van der Waals surface area contributed by atoms with Crippen LogP contribution >= 0.6 is 23.1 Å². The molecule has 126 valence electrons. The normalized spacial score (nSPS) is 13.6. The van der Waals surface area contributed by atoms with Crippen LogP contribution in [0.25, 0.3) is 11.0 Å². The highest BCUT2D eigenvalue weighted by molar-refractivity contribution is 7.08. The minimum Gasteiger partial charge on any atom is -0.466 e. The fourth-order valence-corrected chi connectivity index (χ4v) is 3.82. The Kier molecular flexibility index (Phi) is 4.08. The van der Waals surface area contributed by atoms with Gasteiger partial charge in [-0.05, 0) is 47.2 Å². The van der Waals surface area contributed by atoms with Gasteiger partial charge in [-0.1, -0.05) is 0 Å². The van der Waals surface area contributed by atoms with Crippen LogP contribution in [0.5, 0.6) is 0 Å². The number of benzene rings is 1. The molecule has 25 heavy (non-hydrogen) atoms. The zero-order chi connectivity index (χ0) is 17.3. The van der Waals surface area contributed by atoms with Gasteiger partial charge in [0.05, 0.1) is 24.5 Å². The molecule has 0 saturated carbocycles. The number of hydrogen-bond acceptors (Lipinski definition) is 7. The second kappa shape index (κ2) is 6.40. The van der Waals surface area contributed by atoms with E-state index in [-0.39, 0.29) is 12.5 Å². The number of fused-ring (bicyclic) bond motifs is 1. The smallest absolute Gasteiger partial charge is 0.251 e. The summed E-state index contributed by atoms with van der Waals surface area (Å²) in [6.07, 6.45) is 1.50. The van der Waals surface area contributed by atoms with Gasteiger partial charge in [-0.25, -0.2) is 0 Å². The molecular formula is C17H13N3O3S2. The molecule has 3 heterocycles. The number of aromatic nitrogens is 2. The van der Waals surface area contributed by atoms with Gasteiger partial charge in [-0.2, -0.15) is 20.1 Å². The second-order valence-electron chi connectivity index (χ2n) is 5.50. The topological polar surface area (TPSA) is 88.2 Å². The quantitative estimate of drug-likeness (QED) is 0.563. The molecule has 1 aromatic carbocycles. The Morgan fingerprint density at radius 3 is 2.88 bits per heavy atom. The second-order valence-corrected chi connectivity index (χ2v) is 6.81. The first-order valence-electron chi connectivity index (χ1n) is 7.46. The molecule has 0 spiro atoms. The fourth-order valence-electron chi connectivity index (χ4n) is 2.58. The molecule has 8 heteroatoms. The van der Waals surface area contributed by atoms with E-state index in [0.29, 0.717) is 22.4 Å². The largest absolute Gasteiger partial charge is 0.466 e.